The molecule has 1 aromatic carbocycles. The van der Waals surface area contributed by atoms with Crippen LogP contribution in [0.4, 0.5) is 0 Å². The van der Waals surface area contributed by atoms with Gasteiger partial charge in [0.15, 0.2) is 0 Å². The van der Waals surface area contributed by atoms with Crippen LogP contribution < -0.4 is 4.72 Å². The number of hydrogen-bond acceptors (Lipinski definition) is 5. The summed E-state index contributed by atoms with van der Waals surface area (Å²) >= 11 is 0. The molecule has 1 amide bonds. The van der Waals surface area contributed by atoms with Gasteiger partial charge in [0, 0.05) is 25.2 Å². The number of hydrogen-bond donors (Lipinski definition) is 1. The number of carbonyl (C=O) groups is 1. The van der Waals surface area contributed by atoms with Gasteiger partial charge >= 0.3 is 0 Å². The van der Waals surface area contributed by atoms with Crippen LogP contribution in [0, 0.1) is 0 Å². The average Bonchev–Trinajstić information content (AvgIpc) is 2.59. The fraction of sp³-hybridized carbons (Fsp3) is 0.562. The summed E-state index contributed by atoms with van der Waals surface area (Å²) in [6.07, 6.45) is 0.736. The van der Waals surface area contributed by atoms with Gasteiger partial charge in [-0.25, -0.2) is 13.1 Å². The quantitative estimate of drug-likeness (QED) is 0.716. The van der Waals surface area contributed by atoms with Crippen molar-refractivity contribution in [3.63, 3.8) is 0 Å². The van der Waals surface area contributed by atoms with Gasteiger partial charge in [-0.3, -0.25) is 4.79 Å². The third-order valence-electron chi connectivity index (χ3n) is 3.78. The van der Waals surface area contributed by atoms with Gasteiger partial charge in [-0.15, -0.1) is 0 Å². The van der Waals surface area contributed by atoms with Crippen LogP contribution >= 0.6 is 0 Å². The lowest BCUT2D eigenvalue weighted by Gasteiger charge is -2.26. The van der Waals surface area contributed by atoms with Gasteiger partial charge in [0.2, 0.25) is 10.0 Å². The Morgan fingerprint density at radius 2 is 1.83 bits per heavy atom. The number of ether oxygens (including phenoxy) is 1. The first-order chi connectivity index (χ1) is 11.4. The van der Waals surface area contributed by atoms with Crippen LogP contribution in [0.3, 0.4) is 0 Å². The summed E-state index contributed by atoms with van der Waals surface area (Å²) in [6, 6.07) is 6.07. The monoisotopic (exact) mass is 355 g/mol. The second-order valence-corrected chi connectivity index (χ2v) is 7.75. The first kappa shape index (κ1) is 18.9. The van der Waals surface area contributed by atoms with Crippen molar-refractivity contribution in [3.8, 4) is 0 Å². The maximum Gasteiger partial charge on any atom is 0.254 e. The highest BCUT2D eigenvalue weighted by Crippen LogP contribution is 2.13. The summed E-state index contributed by atoms with van der Waals surface area (Å²) in [7, 11) is 0.347. The van der Waals surface area contributed by atoms with Crippen molar-refractivity contribution < 1.29 is 17.9 Å². The molecule has 0 aliphatic carbocycles. The van der Waals surface area contributed by atoms with Crippen LogP contribution in [0.15, 0.2) is 29.2 Å². The molecule has 24 heavy (non-hydrogen) atoms. The second kappa shape index (κ2) is 8.57. The van der Waals surface area contributed by atoms with E-state index in [2.05, 4.69) is 4.72 Å². The number of nitrogens with zero attached hydrogens (tertiary/aromatic N) is 2. The zero-order chi connectivity index (χ0) is 17.6. The van der Waals surface area contributed by atoms with Crippen molar-refractivity contribution in [1.29, 1.82) is 0 Å². The van der Waals surface area contributed by atoms with Gasteiger partial charge in [0.05, 0.1) is 18.1 Å². The Hall–Kier alpha value is -1.48. The predicted octanol–water partition coefficient (Wildman–Crippen LogP) is 0.389. The minimum absolute atomic E-state index is 0.0961. The number of nitrogens with one attached hydrogen (secondary N) is 1. The van der Waals surface area contributed by atoms with Gasteiger partial charge in [-0.1, -0.05) is 0 Å². The lowest BCUT2D eigenvalue weighted by molar-refractivity contribution is 0.0303. The Balaban J connectivity index is 1.96. The number of carbonyl (C=O) groups excluding carboxylic acids is 1. The molecular weight excluding hydrogens is 330 g/mol. The molecule has 1 aliphatic heterocycles. The molecule has 0 saturated carbocycles. The van der Waals surface area contributed by atoms with E-state index in [-0.39, 0.29) is 10.8 Å². The fourth-order valence-corrected chi connectivity index (χ4v) is 3.48. The molecule has 2 rings (SSSR count). The topological polar surface area (TPSA) is 79.0 Å². The molecule has 134 valence electrons. The normalized spacial score (nSPS) is 15.7. The van der Waals surface area contributed by atoms with Crippen molar-refractivity contribution in [2.24, 2.45) is 0 Å². The predicted molar refractivity (Wildman–Crippen MR) is 91.5 cm³/mol. The molecule has 1 aliphatic rings. The Bertz CT molecular complexity index is 638. The van der Waals surface area contributed by atoms with E-state index >= 15 is 0 Å². The van der Waals surface area contributed by atoms with Crippen LogP contribution in [0.2, 0.25) is 0 Å². The first-order valence-corrected chi connectivity index (χ1v) is 9.50. The lowest BCUT2D eigenvalue weighted by atomic mass is 10.2. The van der Waals surface area contributed by atoms with Crippen molar-refractivity contribution in [2.75, 3.05) is 53.5 Å². The minimum atomic E-state index is -3.54. The standard InChI is InChI=1S/C16H25N3O4S/c1-18(2)9-3-8-17-24(21,22)15-6-4-14(5-7-15)16(20)19-10-12-23-13-11-19/h4-7,17H,3,8-13H2,1-2H3. The Morgan fingerprint density at radius 3 is 2.42 bits per heavy atom. The van der Waals surface area contributed by atoms with Crippen molar-refractivity contribution in [1.82, 2.24) is 14.5 Å². The molecule has 1 saturated heterocycles. The number of rotatable bonds is 7. The summed E-state index contributed by atoms with van der Waals surface area (Å²) in [5, 5.41) is 0. The van der Waals surface area contributed by atoms with Crippen LogP contribution in [0.5, 0.6) is 0 Å². The maximum absolute atomic E-state index is 12.3. The summed E-state index contributed by atoms with van der Waals surface area (Å²) in [5.41, 5.74) is 0.489. The van der Waals surface area contributed by atoms with E-state index in [1.165, 1.54) is 12.1 Å². The molecule has 8 heteroatoms. The average molecular weight is 355 g/mol. The molecule has 1 aromatic rings. The summed E-state index contributed by atoms with van der Waals surface area (Å²) in [6.45, 7) is 3.40. The van der Waals surface area contributed by atoms with Crippen LogP contribution in [0.25, 0.3) is 0 Å². The van der Waals surface area contributed by atoms with Crippen molar-refractivity contribution >= 4 is 15.9 Å². The number of amides is 1. The summed E-state index contributed by atoms with van der Waals surface area (Å²) < 4.78 is 32.2. The zero-order valence-corrected chi connectivity index (χ0v) is 15.0. The van der Waals surface area contributed by atoms with Gasteiger partial charge in [0.1, 0.15) is 0 Å². The third-order valence-corrected chi connectivity index (χ3v) is 5.26. The van der Waals surface area contributed by atoms with Crippen molar-refractivity contribution in [3.05, 3.63) is 29.8 Å². The highest BCUT2D eigenvalue weighted by atomic mass is 32.2. The van der Waals surface area contributed by atoms with E-state index in [9.17, 15) is 13.2 Å². The zero-order valence-electron chi connectivity index (χ0n) is 14.2. The highest BCUT2D eigenvalue weighted by Gasteiger charge is 2.19. The molecule has 0 spiro atoms. The lowest BCUT2D eigenvalue weighted by Crippen LogP contribution is -2.40. The van der Waals surface area contributed by atoms with Crippen LogP contribution in [-0.4, -0.2) is 77.6 Å². The number of morpholine rings is 1. The second-order valence-electron chi connectivity index (χ2n) is 5.98. The number of benzene rings is 1. The SMILES string of the molecule is CN(C)CCCNS(=O)(=O)c1ccc(C(=O)N2CCOCC2)cc1. The molecule has 0 aromatic heterocycles. The molecule has 0 bridgehead atoms. The van der Waals surface area contributed by atoms with E-state index < -0.39 is 10.0 Å². The van der Waals surface area contributed by atoms with E-state index in [0.29, 0.717) is 38.4 Å². The molecule has 0 radical (unpaired) electrons. The van der Waals surface area contributed by atoms with Gasteiger partial charge in [-0.2, -0.15) is 0 Å². The first-order valence-electron chi connectivity index (χ1n) is 8.01. The smallest absolute Gasteiger partial charge is 0.254 e. The minimum Gasteiger partial charge on any atom is -0.378 e. The third kappa shape index (κ3) is 5.27. The van der Waals surface area contributed by atoms with E-state index in [4.69, 9.17) is 4.74 Å². The molecule has 0 unspecified atom stereocenters. The van der Waals surface area contributed by atoms with Gasteiger partial charge in [-0.05, 0) is 51.3 Å². The number of sulfonamides is 1. The fourth-order valence-electron chi connectivity index (χ4n) is 2.41. The summed E-state index contributed by atoms with van der Waals surface area (Å²) in [5.74, 6) is -0.0961. The molecule has 1 N–H and O–H groups in total. The maximum atomic E-state index is 12.3. The van der Waals surface area contributed by atoms with Crippen LogP contribution in [0.1, 0.15) is 16.8 Å². The molecule has 1 heterocycles. The van der Waals surface area contributed by atoms with Crippen LogP contribution in [-0.2, 0) is 14.8 Å². The largest absolute Gasteiger partial charge is 0.378 e. The van der Waals surface area contributed by atoms with Crippen molar-refractivity contribution in [2.45, 2.75) is 11.3 Å². The van der Waals surface area contributed by atoms with E-state index in [1.54, 1.807) is 17.0 Å². The molecular formula is C16H25N3O4S. The Labute approximate surface area is 143 Å². The van der Waals surface area contributed by atoms with Gasteiger partial charge in [0.25, 0.3) is 5.91 Å². The van der Waals surface area contributed by atoms with Gasteiger partial charge < -0.3 is 14.5 Å². The Kier molecular flexibility index (Phi) is 6.73. The highest BCUT2D eigenvalue weighted by molar-refractivity contribution is 7.89. The molecule has 0 atom stereocenters. The molecule has 7 nitrogen and oxygen atoms in total. The Morgan fingerprint density at radius 1 is 1.21 bits per heavy atom. The van der Waals surface area contributed by atoms with E-state index in [1.807, 2.05) is 19.0 Å². The molecule has 1 fully saturated rings. The summed E-state index contributed by atoms with van der Waals surface area (Å²) in [4.78, 5) is 16.2. The van der Waals surface area contributed by atoms with E-state index in [0.717, 1.165) is 13.0 Å².